The third-order valence-corrected chi connectivity index (χ3v) is 4.86. The van der Waals surface area contributed by atoms with E-state index in [1.54, 1.807) is 6.08 Å². The molecule has 0 heterocycles. The molecule has 0 bridgehead atoms. The number of carbonyl (C=O) groups is 1. The van der Waals surface area contributed by atoms with Crippen LogP contribution in [0.2, 0.25) is 0 Å². The fourth-order valence-corrected chi connectivity index (χ4v) is 2.47. The summed E-state index contributed by atoms with van der Waals surface area (Å²) < 4.78 is 23.7. The predicted molar refractivity (Wildman–Crippen MR) is 93.6 cm³/mol. The maximum Gasteiger partial charge on any atom is 0.243 e. The lowest BCUT2D eigenvalue weighted by molar-refractivity contribution is -0.116. The Balaban J connectivity index is 2.26. The number of rotatable bonds is 9. The minimum atomic E-state index is -3.15. The van der Waals surface area contributed by atoms with E-state index in [1.165, 1.54) is 23.2 Å². The van der Waals surface area contributed by atoms with Crippen molar-refractivity contribution >= 4 is 15.9 Å². The molecule has 0 spiro atoms. The van der Waals surface area contributed by atoms with Gasteiger partial charge in [-0.2, -0.15) is 0 Å². The number of nitrogens with zero attached hydrogens (tertiary/aromatic N) is 1. The molecule has 6 heteroatoms. The number of nitrogens with one attached hydrogen (secondary N) is 1. The maximum atomic E-state index is 11.8. The van der Waals surface area contributed by atoms with Gasteiger partial charge in [0.05, 0.1) is 6.26 Å². The number of amides is 1. The lowest BCUT2D eigenvalue weighted by atomic mass is 10.1. The van der Waals surface area contributed by atoms with Crippen molar-refractivity contribution in [1.29, 1.82) is 0 Å². The van der Waals surface area contributed by atoms with Crippen LogP contribution in [0.5, 0.6) is 0 Å². The molecule has 0 aliphatic heterocycles. The summed E-state index contributed by atoms with van der Waals surface area (Å²) in [4.78, 5) is 11.8. The van der Waals surface area contributed by atoms with E-state index in [1.807, 2.05) is 25.1 Å². The molecule has 0 saturated carbocycles. The zero-order valence-electron chi connectivity index (χ0n) is 14.1. The molecule has 1 aromatic carbocycles. The summed E-state index contributed by atoms with van der Waals surface area (Å²) in [5.74, 6) is -0.127. The van der Waals surface area contributed by atoms with Gasteiger partial charge in [0.25, 0.3) is 0 Å². The molecule has 0 saturated heterocycles. The SMILES string of the molecule is C/C(=C\C(=O)NCCCN(C)S(C)(=O)=O)CCc1ccccc1. The van der Waals surface area contributed by atoms with Gasteiger partial charge in [-0.3, -0.25) is 4.79 Å². The summed E-state index contributed by atoms with van der Waals surface area (Å²) in [5.41, 5.74) is 2.28. The van der Waals surface area contributed by atoms with E-state index in [0.29, 0.717) is 19.5 Å². The van der Waals surface area contributed by atoms with Gasteiger partial charge in [-0.25, -0.2) is 12.7 Å². The molecule has 23 heavy (non-hydrogen) atoms. The number of carbonyl (C=O) groups excluding carboxylic acids is 1. The number of hydrogen-bond acceptors (Lipinski definition) is 3. The van der Waals surface area contributed by atoms with Crippen molar-refractivity contribution in [3.05, 3.63) is 47.5 Å². The van der Waals surface area contributed by atoms with Crippen LogP contribution in [0.1, 0.15) is 25.3 Å². The van der Waals surface area contributed by atoms with Crippen LogP contribution in [0, 0.1) is 0 Å². The zero-order chi connectivity index (χ0) is 17.3. The van der Waals surface area contributed by atoms with Crippen molar-refractivity contribution in [3.8, 4) is 0 Å². The Labute approximate surface area is 139 Å². The van der Waals surface area contributed by atoms with Gasteiger partial charge >= 0.3 is 0 Å². The van der Waals surface area contributed by atoms with Crippen molar-refractivity contribution in [1.82, 2.24) is 9.62 Å². The van der Waals surface area contributed by atoms with E-state index in [-0.39, 0.29) is 5.91 Å². The van der Waals surface area contributed by atoms with Crippen molar-refractivity contribution in [2.75, 3.05) is 26.4 Å². The lowest BCUT2D eigenvalue weighted by Gasteiger charge is -2.13. The molecule has 0 aromatic heterocycles. The Hall–Kier alpha value is -1.66. The molecule has 1 amide bonds. The minimum absolute atomic E-state index is 0.127. The highest BCUT2D eigenvalue weighted by molar-refractivity contribution is 7.88. The van der Waals surface area contributed by atoms with Gasteiger partial charge in [-0.15, -0.1) is 0 Å². The van der Waals surface area contributed by atoms with Gasteiger partial charge in [0.15, 0.2) is 0 Å². The van der Waals surface area contributed by atoms with Crippen molar-refractivity contribution in [2.45, 2.75) is 26.2 Å². The monoisotopic (exact) mass is 338 g/mol. The second-order valence-electron chi connectivity index (χ2n) is 5.71. The average Bonchev–Trinajstić information content (AvgIpc) is 2.49. The summed E-state index contributed by atoms with van der Waals surface area (Å²) in [6, 6.07) is 10.2. The van der Waals surface area contributed by atoms with Crippen molar-refractivity contribution in [2.24, 2.45) is 0 Å². The van der Waals surface area contributed by atoms with E-state index in [0.717, 1.165) is 18.4 Å². The Morgan fingerprint density at radius 2 is 1.91 bits per heavy atom. The normalized spacial score (nSPS) is 12.4. The first-order chi connectivity index (χ1) is 10.8. The van der Waals surface area contributed by atoms with Crippen LogP contribution in [0.3, 0.4) is 0 Å². The van der Waals surface area contributed by atoms with Crippen LogP contribution in [0.25, 0.3) is 0 Å². The van der Waals surface area contributed by atoms with E-state index < -0.39 is 10.0 Å². The zero-order valence-corrected chi connectivity index (χ0v) is 14.9. The Morgan fingerprint density at radius 1 is 1.26 bits per heavy atom. The number of sulfonamides is 1. The summed E-state index contributed by atoms with van der Waals surface area (Å²) in [5, 5.41) is 2.78. The van der Waals surface area contributed by atoms with Crippen molar-refractivity contribution in [3.63, 3.8) is 0 Å². The van der Waals surface area contributed by atoms with Gasteiger partial charge in [-0.1, -0.05) is 35.9 Å². The molecule has 0 fully saturated rings. The van der Waals surface area contributed by atoms with Crippen LogP contribution in [-0.4, -0.2) is 45.0 Å². The van der Waals surface area contributed by atoms with Gasteiger partial charge in [0, 0.05) is 26.2 Å². The largest absolute Gasteiger partial charge is 0.353 e. The molecule has 1 rings (SSSR count). The van der Waals surface area contributed by atoms with Crippen LogP contribution >= 0.6 is 0 Å². The Morgan fingerprint density at radius 3 is 2.52 bits per heavy atom. The van der Waals surface area contributed by atoms with E-state index in [2.05, 4.69) is 17.4 Å². The molecule has 0 aliphatic rings. The van der Waals surface area contributed by atoms with Crippen LogP contribution in [0.4, 0.5) is 0 Å². The summed E-state index contributed by atoms with van der Waals surface area (Å²) in [6.45, 7) is 2.80. The van der Waals surface area contributed by atoms with Crippen LogP contribution in [-0.2, 0) is 21.2 Å². The summed E-state index contributed by atoms with van der Waals surface area (Å²) >= 11 is 0. The summed E-state index contributed by atoms with van der Waals surface area (Å²) in [6.07, 6.45) is 5.13. The highest BCUT2D eigenvalue weighted by Gasteiger charge is 2.09. The fourth-order valence-electron chi connectivity index (χ4n) is 2.01. The highest BCUT2D eigenvalue weighted by atomic mass is 32.2. The quantitative estimate of drug-likeness (QED) is 0.553. The van der Waals surface area contributed by atoms with Gasteiger partial charge in [0.2, 0.25) is 15.9 Å². The molecule has 0 atom stereocenters. The number of allylic oxidation sites excluding steroid dienone is 1. The van der Waals surface area contributed by atoms with Gasteiger partial charge in [-0.05, 0) is 31.7 Å². The first-order valence-electron chi connectivity index (χ1n) is 7.69. The van der Waals surface area contributed by atoms with E-state index >= 15 is 0 Å². The predicted octanol–water partition coefficient (Wildman–Crippen LogP) is 1.96. The van der Waals surface area contributed by atoms with Crippen LogP contribution < -0.4 is 5.32 Å². The molecule has 0 radical (unpaired) electrons. The highest BCUT2D eigenvalue weighted by Crippen LogP contribution is 2.08. The lowest BCUT2D eigenvalue weighted by Crippen LogP contribution is -2.30. The minimum Gasteiger partial charge on any atom is -0.353 e. The third-order valence-electron chi connectivity index (χ3n) is 3.54. The molecular formula is C17H26N2O3S. The Bertz CT molecular complexity index is 624. The number of hydrogen-bond donors (Lipinski definition) is 1. The van der Waals surface area contributed by atoms with E-state index in [4.69, 9.17) is 0 Å². The third kappa shape index (κ3) is 8.52. The second kappa shape index (κ2) is 9.47. The molecule has 0 aliphatic carbocycles. The molecule has 5 nitrogen and oxygen atoms in total. The molecular weight excluding hydrogens is 312 g/mol. The van der Waals surface area contributed by atoms with Crippen LogP contribution in [0.15, 0.2) is 42.0 Å². The first kappa shape index (κ1) is 19.4. The van der Waals surface area contributed by atoms with Crippen molar-refractivity contribution < 1.29 is 13.2 Å². The molecule has 1 aromatic rings. The second-order valence-corrected chi connectivity index (χ2v) is 7.79. The van der Waals surface area contributed by atoms with Gasteiger partial charge in [0.1, 0.15) is 0 Å². The molecule has 128 valence electrons. The fraction of sp³-hybridized carbons (Fsp3) is 0.471. The smallest absolute Gasteiger partial charge is 0.243 e. The number of aryl methyl sites for hydroxylation is 1. The maximum absolute atomic E-state index is 11.8. The standard InChI is InChI=1S/C17H26N2O3S/c1-15(10-11-16-8-5-4-6-9-16)14-17(20)18-12-7-13-19(2)23(3,21)22/h4-6,8-9,14H,7,10-13H2,1-3H3,(H,18,20)/b15-14+. The molecule has 1 N–H and O–H groups in total. The van der Waals surface area contributed by atoms with Gasteiger partial charge < -0.3 is 5.32 Å². The molecule has 0 unspecified atom stereocenters. The Kier molecular flexibility index (Phi) is 7.98. The average molecular weight is 338 g/mol. The number of benzene rings is 1. The van der Waals surface area contributed by atoms with E-state index in [9.17, 15) is 13.2 Å². The summed E-state index contributed by atoms with van der Waals surface area (Å²) in [7, 11) is -1.62. The first-order valence-corrected chi connectivity index (χ1v) is 9.54. The topological polar surface area (TPSA) is 66.5 Å².